The number of hydrogen-bond acceptors (Lipinski definition) is 6. The number of nitrogens with one attached hydrogen (secondary N) is 1. The zero-order valence-electron chi connectivity index (χ0n) is 19.7. The summed E-state index contributed by atoms with van der Waals surface area (Å²) in [5.41, 5.74) is 3.00. The molecule has 0 bridgehead atoms. The second kappa shape index (κ2) is 12.3. The molecule has 1 N–H and O–H groups in total. The fourth-order valence-electron chi connectivity index (χ4n) is 3.33. The molecule has 35 heavy (non-hydrogen) atoms. The van der Waals surface area contributed by atoms with E-state index < -0.39 is 0 Å². The molecule has 3 rings (SSSR count). The normalized spacial score (nSPS) is 11.0. The second-order valence-electron chi connectivity index (χ2n) is 7.22. The molecule has 0 aliphatic carbocycles. The second-order valence-corrected chi connectivity index (χ2v) is 8.52. The van der Waals surface area contributed by atoms with Gasteiger partial charge in [-0.2, -0.15) is 0 Å². The molecule has 0 saturated carbocycles. The summed E-state index contributed by atoms with van der Waals surface area (Å²) < 4.78 is 22.5. The highest BCUT2D eigenvalue weighted by molar-refractivity contribution is 9.10. The van der Waals surface area contributed by atoms with E-state index >= 15 is 0 Å². The maximum absolute atomic E-state index is 12.4. The maximum atomic E-state index is 12.4. The summed E-state index contributed by atoms with van der Waals surface area (Å²) in [6, 6.07) is 14.3. The molecule has 0 amide bonds. The number of methoxy groups -OCH3 is 4. The Morgan fingerprint density at radius 3 is 1.94 bits per heavy atom. The number of allylic oxidation sites excluding steroid dienone is 1. The highest BCUT2D eigenvalue weighted by Gasteiger charge is 2.13. The van der Waals surface area contributed by atoms with Crippen LogP contribution in [0.1, 0.15) is 21.5 Å². The van der Waals surface area contributed by atoms with Crippen molar-refractivity contribution in [2.75, 3.05) is 33.8 Å². The number of ether oxygens (including phenoxy) is 4. The molecule has 0 aromatic heterocycles. The van der Waals surface area contributed by atoms with Crippen LogP contribution in [0.5, 0.6) is 23.0 Å². The Labute approximate surface area is 218 Å². The maximum Gasteiger partial charge on any atom is 0.203 e. The van der Waals surface area contributed by atoms with Gasteiger partial charge in [0.15, 0.2) is 23.0 Å². The smallest absolute Gasteiger partial charge is 0.203 e. The van der Waals surface area contributed by atoms with Crippen LogP contribution in [-0.2, 0) is 0 Å². The molecule has 0 heterocycles. The summed E-state index contributed by atoms with van der Waals surface area (Å²) in [6.07, 6.45) is 6.91. The number of rotatable bonds is 10. The largest absolute Gasteiger partial charge is 0.493 e. The minimum absolute atomic E-state index is 0.148. The third-order valence-corrected chi connectivity index (χ3v) is 5.87. The van der Waals surface area contributed by atoms with Crippen molar-refractivity contribution < 1.29 is 23.7 Å². The number of hydrogen-bond donors (Lipinski definition) is 1. The third-order valence-electron chi connectivity index (χ3n) is 5.03. The van der Waals surface area contributed by atoms with Gasteiger partial charge in [-0.1, -0.05) is 23.8 Å². The van der Waals surface area contributed by atoms with Crippen LogP contribution in [-0.4, -0.2) is 34.2 Å². The SMILES string of the molecule is COc1cc(C=Cc2cc(Br)c(OC)c(NC=CC(=O)c3ccc(Cl)cc3)c2)cc(OC)c1OC. The van der Waals surface area contributed by atoms with Crippen LogP contribution in [0.15, 0.2) is 65.3 Å². The summed E-state index contributed by atoms with van der Waals surface area (Å²) >= 11 is 9.44. The van der Waals surface area contributed by atoms with Crippen molar-refractivity contribution in [2.45, 2.75) is 0 Å². The molecule has 182 valence electrons. The summed E-state index contributed by atoms with van der Waals surface area (Å²) in [6.45, 7) is 0. The lowest BCUT2D eigenvalue weighted by Gasteiger charge is -2.13. The van der Waals surface area contributed by atoms with Gasteiger partial charge in [0, 0.05) is 22.9 Å². The number of carbonyl (C=O) groups is 1. The van der Waals surface area contributed by atoms with Crippen molar-refractivity contribution in [1.29, 1.82) is 0 Å². The molecule has 0 aliphatic heterocycles. The Bertz CT molecular complexity index is 1230. The van der Waals surface area contributed by atoms with Gasteiger partial charge in [0.2, 0.25) is 5.75 Å². The van der Waals surface area contributed by atoms with Gasteiger partial charge in [0.1, 0.15) is 0 Å². The van der Waals surface area contributed by atoms with Crippen LogP contribution in [0.25, 0.3) is 12.2 Å². The first-order valence-electron chi connectivity index (χ1n) is 10.5. The lowest BCUT2D eigenvalue weighted by atomic mass is 10.1. The van der Waals surface area contributed by atoms with Crippen molar-refractivity contribution >= 4 is 51.2 Å². The Hall–Kier alpha value is -3.42. The van der Waals surface area contributed by atoms with Gasteiger partial charge in [-0.25, -0.2) is 0 Å². The first-order valence-corrected chi connectivity index (χ1v) is 11.7. The average Bonchev–Trinajstić information content (AvgIpc) is 2.86. The van der Waals surface area contributed by atoms with Crippen molar-refractivity contribution in [1.82, 2.24) is 0 Å². The summed E-state index contributed by atoms with van der Waals surface area (Å²) in [7, 11) is 6.30. The van der Waals surface area contributed by atoms with Crippen LogP contribution in [0.3, 0.4) is 0 Å². The first kappa shape index (κ1) is 26.2. The topological polar surface area (TPSA) is 66.0 Å². The molecule has 0 unspecified atom stereocenters. The predicted molar refractivity (Wildman–Crippen MR) is 144 cm³/mol. The van der Waals surface area contributed by atoms with Crippen LogP contribution in [0.4, 0.5) is 5.69 Å². The monoisotopic (exact) mass is 557 g/mol. The Morgan fingerprint density at radius 1 is 0.829 bits per heavy atom. The van der Waals surface area contributed by atoms with Crippen molar-refractivity contribution in [3.63, 3.8) is 0 Å². The third kappa shape index (κ3) is 6.59. The number of halogens is 2. The molecule has 0 aliphatic rings. The van der Waals surface area contributed by atoms with Gasteiger partial charge in [-0.3, -0.25) is 4.79 Å². The zero-order valence-corrected chi connectivity index (χ0v) is 22.1. The zero-order chi connectivity index (χ0) is 25.4. The summed E-state index contributed by atoms with van der Waals surface area (Å²) in [4.78, 5) is 12.4. The van der Waals surface area contributed by atoms with E-state index in [9.17, 15) is 4.79 Å². The number of ketones is 1. The number of benzene rings is 3. The van der Waals surface area contributed by atoms with Crippen LogP contribution in [0.2, 0.25) is 5.02 Å². The molecule has 3 aromatic carbocycles. The van der Waals surface area contributed by atoms with Crippen molar-refractivity contribution in [3.8, 4) is 23.0 Å². The molecule has 0 fully saturated rings. The molecular weight excluding hydrogens is 534 g/mol. The van der Waals surface area contributed by atoms with E-state index in [0.29, 0.717) is 39.3 Å². The van der Waals surface area contributed by atoms with E-state index in [1.165, 1.54) is 6.08 Å². The van der Waals surface area contributed by atoms with Gasteiger partial charge in [-0.05, 0) is 75.6 Å². The van der Waals surface area contributed by atoms with E-state index in [1.54, 1.807) is 58.9 Å². The van der Waals surface area contributed by atoms with Crippen molar-refractivity contribution in [3.05, 3.63) is 87.0 Å². The minimum atomic E-state index is -0.148. The highest BCUT2D eigenvalue weighted by Crippen LogP contribution is 2.39. The Kier molecular flexibility index (Phi) is 9.23. The van der Waals surface area contributed by atoms with Gasteiger partial charge in [0.25, 0.3) is 0 Å². The minimum Gasteiger partial charge on any atom is -0.493 e. The quantitative estimate of drug-likeness (QED) is 0.162. The van der Waals surface area contributed by atoms with E-state index in [4.69, 9.17) is 30.5 Å². The molecule has 6 nitrogen and oxygen atoms in total. The molecule has 3 aromatic rings. The standard InChI is InChI=1S/C27H25BrClNO5/c1-32-24-15-18(16-25(33-2)27(24)35-4)6-5-17-13-21(28)26(34-3)22(14-17)30-12-11-23(31)19-7-9-20(29)10-8-19/h5-16,30H,1-4H3. The lowest BCUT2D eigenvalue weighted by molar-refractivity contribution is 0.104. The van der Waals surface area contributed by atoms with Crippen LogP contribution >= 0.6 is 27.5 Å². The Balaban J connectivity index is 1.85. The first-order chi connectivity index (χ1) is 16.9. The molecule has 0 saturated heterocycles. The Morgan fingerprint density at radius 2 is 1.40 bits per heavy atom. The molecule has 0 spiro atoms. The van der Waals surface area contributed by atoms with E-state index in [-0.39, 0.29) is 5.78 Å². The van der Waals surface area contributed by atoms with Crippen molar-refractivity contribution in [2.24, 2.45) is 0 Å². The molecular formula is C27H25BrClNO5. The molecule has 0 atom stereocenters. The van der Waals surface area contributed by atoms with Gasteiger partial charge in [-0.15, -0.1) is 0 Å². The fourth-order valence-corrected chi connectivity index (χ4v) is 4.10. The average molecular weight is 559 g/mol. The molecule has 8 heteroatoms. The molecule has 0 radical (unpaired) electrons. The van der Waals surface area contributed by atoms with Gasteiger partial charge < -0.3 is 24.3 Å². The van der Waals surface area contributed by atoms with Gasteiger partial charge >= 0.3 is 0 Å². The summed E-state index contributed by atoms with van der Waals surface area (Å²) in [5, 5.41) is 3.71. The van der Waals surface area contributed by atoms with Gasteiger partial charge in [0.05, 0.1) is 38.6 Å². The van der Waals surface area contributed by atoms with Crippen LogP contribution < -0.4 is 24.3 Å². The highest BCUT2D eigenvalue weighted by atomic mass is 79.9. The number of anilines is 1. The fraction of sp³-hybridized carbons (Fsp3) is 0.148. The van der Waals surface area contributed by atoms with E-state index in [2.05, 4.69) is 21.2 Å². The summed E-state index contributed by atoms with van der Waals surface area (Å²) in [5.74, 6) is 2.13. The van der Waals surface area contributed by atoms with Crippen LogP contribution in [0, 0.1) is 0 Å². The predicted octanol–water partition coefficient (Wildman–Crippen LogP) is 7.12. The number of carbonyl (C=O) groups excluding carboxylic acids is 1. The lowest BCUT2D eigenvalue weighted by Crippen LogP contribution is -1.98. The van der Waals surface area contributed by atoms with E-state index in [1.807, 2.05) is 36.4 Å². The van der Waals surface area contributed by atoms with E-state index in [0.717, 1.165) is 15.6 Å².